The van der Waals surface area contributed by atoms with Crippen molar-refractivity contribution >= 4 is 17.9 Å². The molecular formula is C49H94O6. The van der Waals surface area contributed by atoms with Crippen molar-refractivity contribution in [3.8, 4) is 0 Å². The zero-order valence-electron chi connectivity index (χ0n) is 37.6. The van der Waals surface area contributed by atoms with Crippen molar-refractivity contribution in [3.63, 3.8) is 0 Å². The van der Waals surface area contributed by atoms with Crippen LogP contribution in [0.5, 0.6) is 0 Å². The maximum atomic E-state index is 12.7. The minimum absolute atomic E-state index is 0.0650. The molecular weight excluding hydrogens is 685 g/mol. The van der Waals surface area contributed by atoms with E-state index < -0.39 is 6.10 Å². The van der Waals surface area contributed by atoms with Crippen LogP contribution >= 0.6 is 0 Å². The van der Waals surface area contributed by atoms with Gasteiger partial charge < -0.3 is 14.2 Å². The summed E-state index contributed by atoms with van der Waals surface area (Å²) in [7, 11) is 0. The maximum Gasteiger partial charge on any atom is 0.306 e. The van der Waals surface area contributed by atoms with E-state index >= 15 is 0 Å². The first-order chi connectivity index (χ1) is 26.7. The lowest BCUT2D eigenvalue weighted by molar-refractivity contribution is -0.167. The minimum atomic E-state index is -0.759. The van der Waals surface area contributed by atoms with Crippen LogP contribution in [0.3, 0.4) is 0 Å². The van der Waals surface area contributed by atoms with Crippen LogP contribution in [0.15, 0.2) is 0 Å². The Bertz CT molecular complexity index is 839. The Balaban J connectivity index is 4.14. The molecule has 0 aromatic heterocycles. The van der Waals surface area contributed by atoms with Crippen LogP contribution < -0.4 is 0 Å². The number of unbranched alkanes of at least 4 members (excludes halogenated alkanes) is 28. The summed E-state index contributed by atoms with van der Waals surface area (Å²) < 4.78 is 16.7. The molecule has 0 saturated heterocycles. The molecule has 0 fully saturated rings. The topological polar surface area (TPSA) is 78.9 Å². The SMILES string of the molecule is CCCCCCCC(=O)OC[C@@H](COC(=O)CCCCCCCCCCCCCCCCC(C)C)OC(=O)CCCCCCCCCCCCCCC(C)C. The summed E-state index contributed by atoms with van der Waals surface area (Å²) >= 11 is 0. The van der Waals surface area contributed by atoms with Gasteiger partial charge in [0.25, 0.3) is 0 Å². The van der Waals surface area contributed by atoms with Crippen LogP contribution in [-0.2, 0) is 28.6 Å². The van der Waals surface area contributed by atoms with Crippen LogP contribution in [0, 0.1) is 11.8 Å². The summed E-state index contributed by atoms with van der Waals surface area (Å²) in [6.07, 6.45) is 41.2. The Morgan fingerprint density at radius 3 is 0.891 bits per heavy atom. The number of esters is 3. The summed E-state index contributed by atoms with van der Waals surface area (Å²) in [6.45, 7) is 11.3. The third-order valence-electron chi connectivity index (χ3n) is 11.0. The quantitative estimate of drug-likeness (QED) is 0.0348. The molecule has 55 heavy (non-hydrogen) atoms. The van der Waals surface area contributed by atoms with Crippen molar-refractivity contribution in [2.75, 3.05) is 13.2 Å². The van der Waals surface area contributed by atoms with Crippen LogP contribution in [0.4, 0.5) is 0 Å². The molecule has 0 aromatic carbocycles. The molecule has 1 atom stereocenters. The number of carbonyl (C=O) groups excluding carboxylic acids is 3. The number of hydrogen-bond donors (Lipinski definition) is 0. The highest BCUT2D eigenvalue weighted by atomic mass is 16.6. The fraction of sp³-hybridized carbons (Fsp3) is 0.939. The van der Waals surface area contributed by atoms with E-state index in [9.17, 15) is 14.4 Å². The zero-order valence-corrected chi connectivity index (χ0v) is 37.6. The van der Waals surface area contributed by atoms with E-state index in [0.29, 0.717) is 19.3 Å². The second-order valence-electron chi connectivity index (χ2n) is 17.7. The lowest BCUT2D eigenvalue weighted by Gasteiger charge is -2.18. The smallest absolute Gasteiger partial charge is 0.306 e. The molecule has 0 spiro atoms. The second-order valence-corrected chi connectivity index (χ2v) is 17.7. The molecule has 0 aliphatic heterocycles. The highest BCUT2D eigenvalue weighted by Gasteiger charge is 2.19. The molecule has 0 aliphatic rings. The second kappa shape index (κ2) is 42.0. The van der Waals surface area contributed by atoms with Crippen LogP contribution in [0.2, 0.25) is 0 Å². The van der Waals surface area contributed by atoms with Gasteiger partial charge in [0, 0.05) is 19.3 Å². The molecule has 0 radical (unpaired) electrons. The van der Waals surface area contributed by atoms with Gasteiger partial charge in [0.15, 0.2) is 6.10 Å². The van der Waals surface area contributed by atoms with Gasteiger partial charge in [-0.25, -0.2) is 0 Å². The van der Waals surface area contributed by atoms with Gasteiger partial charge in [0.2, 0.25) is 0 Å². The Morgan fingerprint density at radius 2 is 0.600 bits per heavy atom. The Labute approximate surface area is 342 Å². The summed E-state index contributed by atoms with van der Waals surface area (Å²) in [5.41, 5.74) is 0. The van der Waals surface area contributed by atoms with E-state index in [1.807, 2.05) is 0 Å². The molecule has 0 heterocycles. The first-order valence-electron chi connectivity index (χ1n) is 24.2. The van der Waals surface area contributed by atoms with E-state index in [-0.39, 0.29) is 31.1 Å². The predicted molar refractivity (Wildman–Crippen MR) is 233 cm³/mol. The van der Waals surface area contributed by atoms with Crippen molar-refractivity contribution in [1.82, 2.24) is 0 Å². The van der Waals surface area contributed by atoms with Crippen molar-refractivity contribution in [1.29, 1.82) is 0 Å². The lowest BCUT2D eigenvalue weighted by atomic mass is 10.0. The third kappa shape index (κ3) is 43.4. The fourth-order valence-electron chi connectivity index (χ4n) is 7.28. The van der Waals surface area contributed by atoms with Gasteiger partial charge in [-0.3, -0.25) is 14.4 Å². The Kier molecular flexibility index (Phi) is 40.8. The monoisotopic (exact) mass is 779 g/mol. The fourth-order valence-corrected chi connectivity index (χ4v) is 7.28. The van der Waals surface area contributed by atoms with Crippen molar-refractivity contribution in [3.05, 3.63) is 0 Å². The van der Waals surface area contributed by atoms with Gasteiger partial charge in [-0.05, 0) is 31.1 Å². The summed E-state index contributed by atoms with van der Waals surface area (Å²) in [6, 6.07) is 0. The minimum Gasteiger partial charge on any atom is -0.462 e. The molecule has 0 bridgehead atoms. The average Bonchev–Trinajstić information content (AvgIpc) is 3.15. The zero-order chi connectivity index (χ0) is 40.5. The average molecular weight is 779 g/mol. The van der Waals surface area contributed by atoms with Crippen LogP contribution in [0.25, 0.3) is 0 Å². The summed E-state index contributed by atoms with van der Waals surface area (Å²) in [5.74, 6) is 0.811. The molecule has 0 N–H and O–H groups in total. The molecule has 0 aliphatic carbocycles. The number of carbonyl (C=O) groups is 3. The number of rotatable bonds is 43. The van der Waals surface area contributed by atoms with E-state index in [1.165, 1.54) is 148 Å². The van der Waals surface area contributed by atoms with E-state index in [2.05, 4.69) is 34.6 Å². The van der Waals surface area contributed by atoms with Gasteiger partial charge in [0.05, 0.1) is 0 Å². The lowest BCUT2D eigenvalue weighted by Crippen LogP contribution is -2.30. The number of ether oxygens (including phenoxy) is 3. The molecule has 0 saturated carbocycles. The van der Waals surface area contributed by atoms with Gasteiger partial charge >= 0.3 is 17.9 Å². The maximum absolute atomic E-state index is 12.7. The first kappa shape index (κ1) is 53.4. The largest absolute Gasteiger partial charge is 0.462 e. The van der Waals surface area contributed by atoms with E-state index in [4.69, 9.17) is 14.2 Å². The molecule has 326 valence electrons. The third-order valence-corrected chi connectivity index (χ3v) is 11.0. The van der Waals surface area contributed by atoms with Gasteiger partial charge in [-0.15, -0.1) is 0 Å². The molecule has 6 heteroatoms. The molecule has 0 rings (SSSR count). The normalized spacial score (nSPS) is 12.1. The van der Waals surface area contributed by atoms with Gasteiger partial charge in [-0.2, -0.15) is 0 Å². The standard InChI is InChI=1S/C49H94O6/c1-6-7-8-27-34-39-47(50)53-42-46(55-49(52)41-36-31-26-22-18-14-13-16-20-24-29-33-38-45(4)5)43-54-48(51)40-35-30-25-21-17-12-10-9-11-15-19-23-28-32-37-44(2)3/h44-46H,6-43H2,1-5H3/t46-/m0/s1. The highest BCUT2D eigenvalue weighted by Crippen LogP contribution is 2.17. The van der Waals surface area contributed by atoms with Crippen LogP contribution in [-0.4, -0.2) is 37.2 Å². The summed E-state index contributed by atoms with van der Waals surface area (Å²) in [4.78, 5) is 37.6. The number of hydrogen-bond acceptors (Lipinski definition) is 6. The van der Waals surface area contributed by atoms with E-state index in [0.717, 1.165) is 76.0 Å². The molecule has 0 amide bonds. The Morgan fingerprint density at radius 1 is 0.345 bits per heavy atom. The van der Waals surface area contributed by atoms with E-state index in [1.54, 1.807) is 0 Å². The van der Waals surface area contributed by atoms with Crippen molar-refractivity contribution in [2.45, 2.75) is 272 Å². The van der Waals surface area contributed by atoms with Crippen LogP contribution in [0.1, 0.15) is 266 Å². The molecule has 0 aromatic rings. The van der Waals surface area contributed by atoms with Gasteiger partial charge in [-0.1, -0.05) is 227 Å². The first-order valence-corrected chi connectivity index (χ1v) is 24.2. The highest BCUT2D eigenvalue weighted by molar-refractivity contribution is 5.71. The van der Waals surface area contributed by atoms with Crippen molar-refractivity contribution in [2.24, 2.45) is 11.8 Å². The predicted octanol–water partition coefficient (Wildman–Crippen LogP) is 15.4. The van der Waals surface area contributed by atoms with Gasteiger partial charge in [0.1, 0.15) is 13.2 Å². The Hall–Kier alpha value is -1.59. The molecule has 6 nitrogen and oxygen atoms in total. The van der Waals surface area contributed by atoms with Crippen molar-refractivity contribution < 1.29 is 28.6 Å². The molecule has 0 unspecified atom stereocenters. The summed E-state index contributed by atoms with van der Waals surface area (Å²) in [5, 5.41) is 0.